The van der Waals surface area contributed by atoms with Gasteiger partial charge in [0.2, 0.25) is 0 Å². The highest BCUT2D eigenvalue weighted by Gasteiger charge is 2.21. The summed E-state index contributed by atoms with van der Waals surface area (Å²) in [6.07, 6.45) is 8.23. The molecular formula is C33H29N5O. The molecule has 39 heavy (non-hydrogen) atoms. The quantitative estimate of drug-likeness (QED) is 0.164. The average molecular weight is 512 g/mol. The number of aromatic nitrogens is 2. The third-order valence-electron chi connectivity index (χ3n) is 7.24. The number of nitrogens with one attached hydrogen (secondary N) is 2. The minimum absolute atomic E-state index is 0.200. The van der Waals surface area contributed by atoms with Crippen LogP contribution in [0.25, 0.3) is 33.0 Å². The summed E-state index contributed by atoms with van der Waals surface area (Å²) in [5.74, 6) is 0.276. The van der Waals surface area contributed by atoms with Gasteiger partial charge < -0.3 is 16.4 Å². The number of nitrogens with zero attached hydrogens (tertiary/aromatic N) is 2. The number of hydrogen-bond donors (Lipinski definition) is 3. The van der Waals surface area contributed by atoms with Gasteiger partial charge in [0, 0.05) is 40.9 Å². The minimum Gasteiger partial charge on any atom is -0.398 e. The van der Waals surface area contributed by atoms with Crippen LogP contribution in [0.3, 0.4) is 0 Å². The highest BCUT2D eigenvalue weighted by Crippen LogP contribution is 2.33. The molecule has 0 atom stereocenters. The van der Waals surface area contributed by atoms with Gasteiger partial charge in [-0.3, -0.25) is 9.78 Å². The molecule has 4 N–H and O–H groups in total. The lowest BCUT2D eigenvalue weighted by Gasteiger charge is -2.23. The number of aryl methyl sites for hydroxylation is 1. The molecule has 6 nitrogen and oxygen atoms in total. The molecule has 1 fully saturated rings. The molecule has 0 unspecified atom stereocenters. The molecule has 1 saturated carbocycles. The molecular weight excluding hydrogens is 482 g/mol. The zero-order chi connectivity index (χ0) is 26.8. The summed E-state index contributed by atoms with van der Waals surface area (Å²) in [5.41, 5.74) is 14.9. The van der Waals surface area contributed by atoms with Crippen LogP contribution in [-0.4, -0.2) is 15.9 Å². The first kappa shape index (κ1) is 24.4. The first-order valence-corrected chi connectivity index (χ1v) is 13.1. The largest absolute Gasteiger partial charge is 0.398 e. The van der Waals surface area contributed by atoms with Gasteiger partial charge >= 0.3 is 0 Å². The van der Waals surface area contributed by atoms with Crippen LogP contribution >= 0.6 is 0 Å². The molecule has 192 valence electrons. The zero-order valence-electron chi connectivity index (χ0n) is 21.7. The molecule has 0 spiro atoms. The Bertz CT molecular complexity index is 1720. The predicted octanol–water partition coefficient (Wildman–Crippen LogP) is 7.34. The lowest BCUT2D eigenvalue weighted by atomic mass is 9.90. The van der Waals surface area contributed by atoms with Gasteiger partial charge in [-0.25, -0.2) is 4.98 Å². The Morgan fingerprint density at radius 1 is 0.846 bits per heavy atom. The summed E-state index contributed by atoms with van der Waals surface area (Å²) in [7, 11) is 0. The Balaban J connectivity index is 1.28. The van der Waals surface area contributed by atoms with Crippen molar-refractivity contribution in [3.63, 3.8) is 0 Å². The van der Waals surface area contributed by atoms with Crippen molar-refractivity contribution < 1.29 is 4.79 Å². The minimum atomic E-state index is -0.200. The van der Waals surface area contributed by atoms with Crippen LogP contribution in [0.2, 0.25) is 0 Å². The number of fused-ring (bicyclic) bond motifs is 1. The summed E-state index contributed by atoms with van der Waals surface area (Å²) in [6.45, 7) is 2.05. The smallest absolute Gasteiger partial charge is 0.273 e. The summed E-state index contributed by atoms with van der Waals surface area (Å²) in [4.78, 5) is 22.3. The van der Waals surface area contributed by atoms with E-state index in [1.165, 1.54) is 0 Å². The van der Waals surface area contributed by atoms with E-state index < -0.39 is 0 Å². The number of nitrogens with two attached hydrogens (primary N) is 1. The van der Waals surface area contributed by atoms with Crippen molar-refractivity contribution in [1.29, 1.82) is 0 Å². The molecule has 2 aromatic heterocycles. The number of carbonyl (C=O) groups is 1. The molecule has 0 saturated heterocycles. The molecule has 0 radical (unpaired) electrons. The van der Waals surface area contributed by atoms with Crippen LogP contribution < -0.4 is 16.4 Å². The number of carbonyl (C=O) groups excluding carboxylic acids is 1. The number of benzene rings is 3. The SMILES string of the molecule is Cc1ccncc1-c1cc(N)c2cnc(NC(=O)C(Nc3cccc(-c4ccccc4)c3)=C3CCC3)cc2c1. The van der Waals surface area contributed by atoms with Gasteiger partial charge in [0.1, 0.15) is 11.5 Å². The van der Waals surface area contributed by atoms with Crippen LogP contribution in [0.5, 0.6) is 0 Å². The number of pyridine rings is 2. The van der Waals surface area contributed by atoms with Crippen LogP contribution in [0.15, 0.2) is 109 Å². The van der Waals surface area contributed by atoms with Crippen LogP contribution in [0, 0.1) is 6.92 Å². The maximum Gasteiger partial charge on any atom is 0.273 e. The molecule has 0 bridgehead atoms. The third kappa shape index (κ3) is 5.09. The normalized spacial score (nSPS) is 12.6. The highest BCUT2D eigenvalue weighted by atomic mass is 16.2. The fraction of sp³-hybridized carbons (Fsp3) is 0.121. The summed E-state index contributed by atoms with van der Waals surface area (Å²) >= 11 is 0. The molecule has 6 heteroatoms. The van der Waals surface area contributed by atoms with Gasteiger partial charge in [-0.2, -0.15) is 0 Å². The molecule has 0 aliphatic heterocycles. The topological polar surface area (TPSA) is 92.9 Å². The Kier molecular flexibility index (Phi) is 6.51. The van der Waals surface area contributed by atoms with Gasteiger partial charge in [0.15, 0.2) is 0 Å². The van der Waals surface area contributed by atoms with E-state index in [0.29, 0.717) is 17.2 Å². The van der Waals surface area contributed by atoms with Gasteiger partial charge in [-0.1, -0.05) is 42.5 Å². The highest BCUT2D eigenvalue weighted by molar-refractivity contribution is 6.07. The van der Waals surface area contributed by atoms with Gasteiger partial charge in [0.05, 0.1) is 0 Å². The van der Waals surface area contributed by atoms with E-state index in [0.717, 1.165) is 69.1 Å². The molecule has 3 aromatic carbocycles. The maximum absolute atomic E-state index is 13.5. The fourth-order valence-corrected chi connectivity index (χ4v) is 4.92. The first-order valence-electron chi connectivity index (χ1n) is 13.1. The van der Waals surface area contributed by atoms with Crippen molar-refractivity contribution in [3.05, 3.63) is 114 Å². The van der Waals surface area contributed by atoms with Crippen molar-refractivity contribution in [3.8, 4) is 22.3 Å². The Labute approximate surface area is 227 Å². The molecule has 2 heterocycles. The maximum atomic E-state index is 13.5. The van der Waals surface area contributed by atoms with Crippen molar-refractivity contribution in [2.24, 2.45) is 0 Å². The van der Waals surface area contributed by atoms with E-state index >= 15 is 0 Å². The monoisotopic (exact) mass is 511 g/mol. The number of rotatable bonds is 6. The van der Waals surface area contributed by atoms with Crippen molar-refractivity contribution in [2.75, 3.05) is 16.4 Å². The Morgan fingerprint density at radius 2 is 1.67 bits per heavy atom. The second kappa shape index (κ2) is 10.4. The first-order chi connectivity index (χ1) is 19.0. The zero-order valence-corrected chi connectivity index (χ0v) is 21.7. The van der Waals surface area contributed by atoms with E-state index in [1.807, 2.05) is 61.7 Å². The van der Waals surface area contributed by atoms with Crippen LogP contribution in [-0.2, 0) is 4.79 Å². The second-order valence-electron chi connectivity index (χ2n) is 9.90. The van der Waals surface area contributed by atoms with Gasteiger partial charge in [-0.05, 0) is 95.8 Å². The molecule has 5 aromatic rings. The van der Waals surface area contributed by atoms with Gasteiger partial charge in [-0.15, -0.1) is 0 Å². The van der Waals surface area contributed by atoms with E-state index in [9.17, 15) is 4.79 Å². The predicted molar refractivity (Wildman–Crippen MR) is 159 cm³/mol. The van der Waals surface area contributed by atoms with Crippen LogP contribution in [0.4, 0.5) is 17.2 Å². The van der Waals surface area contributed by atoms with Crippen molar-refractivity contribution in [2.45, 2.75) is 26.2 Å². The third-order valence-corrected chi connectivity index (χ3v) is 7.24. The lowest BCUT2D eigenvalue weighted by molar-refractivity contribution is -0.112. The summed E-state index contributed by atoms with van der Waals surface area (Å²) in [5, 5.41) is 8.17. The van der Waals surface area contributed by atoms with E-state index in [-0.39, 0.29) is 5.91 Å². The van der Waals surface area contributed by atoms with Crippen molar-refractivity contribution in [1.82, 2.24) is 9.97 Å². The number of nitrogen functional groups attached to an aromatic ring is 1. The standard InChI is InChI=1S/C33H29N5O/c1-21-13-14-35-19-28(21)25-15-26-18-31(36-20-29(26)30(34)17-25)38-33(39)32(23-9-5-10-23)37-27-12-6-11-24(16-27)22-7-3-2-4-8-22/h2-4,6-8,11-20,37H,5,9-10,34H2,1H3,(H,36,38,39). The van der Waals surface area contributed by atoms with E-state index in [4.69, 9.17) is 5.73 Å². The Hall–Kier alpha value is -4.97. The van der Waals surface area contributed by atoms with E-state index in [2.05, 4.69) is 50.9 Å². The molecule has 6 rings (SSSR count). The number of hydrogen-bond acceptors (Lipinski definition) is 5. The molecule has 1 aliphatic rings. The number of allylic oxidation sites excluding steroid dienone is 1. The van der Waals surface area contributed by atoms with Crippen LogP contribution in [0.1, 0.15) is 24.8 Å². The number of anilines is 3. The average Bonchev–Trinajstić information content (AvgIpc) is 2.92. The summed E-state index contributed by atoms with van der Waals surface area (Å²) in [6, 6.07) is 26.2. The second-order valence-corrected chi connectivity index (χ2v) is 9.90. The van der Waals surface area contributed by atoms with Crippen molar-refractivity contribution >= 4 is 33.9 Å². The number of amides is 1. The molecule has 1 aliphatic carbocycles. The lowest BCUT2D eigenvalue weighted by Crippen LogP contribution is -2.24. The van der Waals surface area contributed by atoms with Gasteiger partial charge in [0.25, 0.3) is 5.91 Å². The van der Waals surface area contributed by atoms with E-state index in [1.54, 1.807) is 12.4 Å². The molecule has 1 amide bonds. The Morgan fingerprint density at radius 3 is 2.44 bits per heavy atom. The fourth-order valence-electron chi connectivity index (χ4n) is 4.92. The summed E-state index contributed by atoms with van der Waals surface area (Å²) < 4.78 is 0.